The van der Waals surface area contributed by atoms with E-state index in [2.05, 4.69) is 0 Å². The van der Waals surface area contributed by atoms with Crippen LogP contribution in [-0.4, -0.2) is 23.2 Å². The predicted molar refractivity (Wildman–Crippen MR) is 75.0 cm³/mol. The Balaban J connectivity index is 2.23. The summed E-state index contributed by atoms with van der Waals surface area (Å²) in [6.07, 6.45) is 2.00. The Kier molecular flexibility index (Phi) is 4.52. The highest BCUT2D eigenvalue weighted by Crippen LogP contribution is 2.36. The minimum Gasteiger partial charge on any atom is -0.335 e. The molecule has 18 heavy (non-hydrogen) atoms. The molecular formula is C14H17Cl2NO. The number of alkyl halides is 1. The normalized spacial score (nSPS) is 21.1. The molecule has 4 heteroatoms. The van der Waals surface area contributed by atoms with Crippen LogP contribution < -0.4 is 0 Å². The lowest BCUT2D eigenvalue weighted by atomic mass is 10.0. The molecule has 2 nitrogen and oxygen atoms in total. The summed E-state index contributed by atoms with van der Waals surface area (Å²) in [6.45, 7) is 2.67. The molecule has 0 aliphatic carbocycles. The summed E-state index contributed by atoms with van der Waals surface area (Å²) >= 11 is 12.0. The monoisotopic (exact) mass is 285 g/mol. The fourth-order valence-corrected chi connectivity index (χ4v) is 2.84. The molecule has 0 spiro atoms. The summed E-state index contributed by atoms with van der Waals surface area (Å²) in [7, 11) is 0. The van der Waals surface area contributed by atoms with Gasteiger partial charge in [0.2, 0.25) is 5.91 Å². The van der Waals surface area contributed by atoms with Gasteiger partial charge in [-0.1, -0.05) is 36.7 Å². The maximum absolute atomic E-state index is 12.3. The number of rotatable bonds is 3. The van der Waals surface area contributed by atoms with Gasteiger partial charge in [0.15, 0.2) is 0 Å². The Labute approximate surface area is 118 Å². The van der Waals surface area contributed by atoms with Crippen molar-refractivity contribution in [2.75, 3.05) is 12.4 Å². The van der Waals surface area contributed by atoms with E-state index in [-0.39, 0.29) is 17.9 Å². The van der Waals surface area contributed by atoms with E-state index < -0.39 is 0 Å². The predicted octanol–water partition coefficient (Wildman–Crippen LogP) is 3.88. The molecule has 1 aromatic carbocycles. The second-order valence-corrected chi connectivity index (χ2v) is 5.48. The zero-order valence-electron chi connectivity index (χ0n) is 10.4. The van der Waals surface area contributed by atoms with Crippen LogP contribution >= 0.6 is 23.2 Å². The first kappa shape index (κ1) is 13.7. The summed E-state index contributed by atoms with van der Waals surface area (Å²) < 4.78 is 0. The van der Waals surface area contributed by atoms with E-state index in [0.717, 1.165) is 30.0 Å². The van der Waals surface area contributed by atoms with Gasteiger partial charge >= 0.3 is 0 Å². The van der Waals surface area contributed by atoms with Crippen molar-refractivity contribution in [3.63, 3.8) is 0 Å². The van der Waals surface area contributed by atoms with Crippen molar-refractivity contribution in [2.24, 2.45) is 5.92 Å². The number of nitrogens with zero attached hydrogens (tertiary/aromatic N) is 1. The van der Waals surface area contributed by atoms with E-state index in [1.165, 1.54) is 0 Å². The Morgan fingerprint density at radius 1 is 1.50 bits per heavy atom. The average molecular weight is 286 g/mol. The van der Waals surface area contributed by atoms with Crippen molar-refractivity contribution < 1.29 is 4.79 Å². The highest BCUT2D eigenvalue weighted by atomic mass is 35.5. The number of likely N-dealkylation sites (tertiary alicyclic amines) is 1. The van der Waals surface area contributed by atoms with Crippen molar-refractivity contribution in [1.29, 1.82) is 0 Å². The van der Waals surface area contributed by atoms with E-state index in [1.807, 2.05) is 36.1 Å². The highest BCUT2D eigenvalue weighted by Gasteiger charge is 2.32. The molecule has 1 aliphatic rings. The number of halogens is 2. The van der Waals surface area contributed by atoms with Crippen molar-refractivity contribution in [3.8, 4) is 0 Å². The van der Waals surface area contributed by atoms with Crippen LogP contribution in [0.3, 0.4) is 0 Å². The van der Waals surface area contributed by atoms with Crippen LogP contribution in [0.25, 0.3) is 0 Å². The van der Waals surface area contributed by atoms with Crippen LogP contribution in [-0.2, 0) is 4.79 Å². The van der Waals surface area contributed by atoms with Crippen molar-refractivity contribution >= 4 is 29.1 Å². The Hall–Kier alpha value is -0.730. The summed E-state index contributed by atoms with van der Waals surface area (Å²) in [4.78, 5) is 14.2. The number of carbonyl (C=O) groups excluding carboxylic acids is 1. The van der Waals surface area contributed by atoms with Crippen molar-refractivity contribution in [1.82, 2.24) is 4.90 Å². The molecule has 2 rings (SSSR count). The number of carbonyl (C=O) groups is 1. The van der Waals surface area contributed by atoms with Gasteiger partial charge in [-0.3, -0.25) is 4.79 Å². The lowest BCUT2D eigenvalue weighted by Gasteiger charge is -2.27. The Morgan fingerprint density at radius 2 is 2.22 bits per heavy atom. The fourth-order valence-electron chi connectivity index (χ4n) is 2.45. The van der Waals surface area contributed by atoms with E-state index >= 15 is 0 Å². The number of amides is 1. The molecular weight excluding hydrogens is 269 g/mol. The van der Waals surface area contributed by atoms with Gasteiger partial charge in [0.05, 0.1) is 6.04 Å². The molecule has 2 unspecified atom stereocenters. The number of hydrogen-bond donors (Lipinski definition) is 0. The van der Waals surface area contributed by atoms with Crippen molar-refractivity contribution in [3.05, 3.63) is 34.9 Å². The van der Waals surface area contributed by atoms with E-state index in [9.17, 15) is 4.79 Å². The fraction of sp³-hybridized carbons (Fsp3) is 0.500. The molecule has 1 aromatic rings. The zero-order chi connectivity index (χ0) is 13.1. The summed E-state index contributed by atoms with van der Waals surface area (Å²) in [5, 5.41) is 0.737. The van der Waals surface area contributed by atoms with Crippen LogP contribution in [0.5, 0.6) is 0 Å². The van der Waals surface area contributed by atoms with Crippen LogP contribution in [0.4, 0.5) is 0 Å². The molecule has 0 N–H and O–H groups in total. The summed E-state index contributed by atoms with van der Waals surface area (Å²) in [5.74, 6) is 0.368. The van der Waals surface area contributed by atoms with Gasteiger partial charge in [0.1, 0.15) is 0 Å². The average Bonchev–Trinajstić information content (AvgIpc) is 2.86. The molecule has 1 fully saturated rings. The van der Waals surface area contributed by atoms with Gasteiger partial charge in [-0.05, 0) is 24.5 Å². The molecule has 0 radical (unpaired) electrons. The van der Waals surface area contributed by atoms with E-state index in [1.54, 1.807) is 0 Å². The molecule has 1 aliphatic heterocycles. The lowest BCUT2D eigenvalue weighted by molar-refractivity contribution is -0.135. The smallest absolute Gasteiger partial charge is 0.227 e. The van der Waals surface area contributed by atoms with E-state index in [4.69, 9.17) is 23.2 Å². The highest BCUT2D eigenvalue weighted by molar-refractivity contribution is 6.31. The maximum Gasteiger partial charge on any atom is 0.227 e. The first-order chi connectivity index (χ1) is 8.65. The Morgan fingerprint density at radius 3 is 2.89 bits per heavy atom. The third kappa shape index (κ3) is 2.65. The van der Waals surface area contributed by atoms with Crippen LogP contribution in [0.1, 0.15) is 31.4 Å². The molecule has 1 heterocycles. The number of hydrogen-bond acceptors (Lipinski definition) is 1. The van der Waals surface area contributed by atoms with Gasteiger partial charge in [-0.25, -0.2) is 0 Å². The van der Waals surface area contributed by atoms with E-state index in [0.29, 0.717) is 5.88 Å². The molecule has 0 aromatic heterocycles. The van der Waals surface area contributed by atoms with Gasteiger partial charge in [-0.2, -0.15) is 0 Å². The minimum absolute atomic E-state index is 0.108. The molecule has 98 valence electrons. The van der Waals surface area contributed by atoms with Crippen LogP contribution in [0, 0.1) is 5.92 Å². The third-order valence-corrected chi connectivity index (χ3v) is 4.26. The second kappa shape index (κ2) is 5.94. The topological polar surface area (TPSA) is 20.3 Å². The maximum atomic E-state index is 12.3. The quantitative estimate of drug-likeness (QED) is 0.772. The number of benzene rings is 1. The second-order valence-electron chi connectivity index (χ2n) is 4.77. The van der Waals surface area contributed by atoms with Gasteiger partial charge in [-0.15, -0.1) is 11.6 Å². The third-order valence-electron chi connectivity index (χ3n) is 3.45. The largest absolute Gasteiger partial charge is 0.335 e. The van der Waals surface area contributed by atoms with Crippen molar-refractivity contribution in [2.45, 2.75) is 25.8 Å². The van der Waals surface area contributed by atoms with Gasteiger partial charge < -0.3 is 4.90 Å². The zero-order valence-corrected chi connectivity index (χ0v) is 11.9. The SMILES string of the molecule is CC(CCl)C(=O)N1CCCC1c1ccccc1Cl. The first-order valence-corrected chi connectivity index (χ1v) is 7.17. The standard InChI is InChI=1S/C14H17Cl2NO/c1-10(9-15)14(18)17-8-4-7-13(17)11-5-2-3-6-12(11)16/h2-3,5-6,10,13H,4,7-9H2,1H3. The molecule has 0 bridgehead atoms. The van der Waals surface area contributed by atoms with Gasteiger partial charge in [0, 0.05) is 23.4 Å². The molecule has 2 atom stereocenters. The lowest BCUT2D eigenvalue weighted by Crippen LogP contribution is -2.35. The Bertz CT molecular complexity index is 436. The molecule has 1 saturated heterocycles. The molecule has 0 saturated carbocycles. The summed E-state index contributed by atoms with van der Waals surface area (Å²) in [5.41, 5.74) is 1.05. The van der Waals surface area contributed by atoms with Crippen LogP contribution in [0.2, 0.25) is 5.02 Å². The van der Waals surface area contributed by atoms with Gasteiger partial charge in [0.25, 0.3) is 0 Å². The first-order valence-electron chi connectivity index (χ1n) is 6.26. The molecule has 1 amide bonds. The summed E-state index contributed by atoms with van der Waals surface area (Å²) in [6, 6.07) is 7.87. The van der Waals surface area contributed by atoms with Crippen LogP contribution in [0.15, 0.2) is 24.3 Å². The minimum atomic E-state index is -0.130.